The van der Waals surface area contributed by atoms with Crippen molar-refractivity contribution in [2.45, 2.75) is 51.1 Å². The van der Waals surface area contributed by atoms with Crippen LogP contribution in [-0.2, 0) is 10.0 Å². The number of nitrogens with one attached hydrogen (secondary N) is 1. The van der Waals surface area contributed by atoms with E-state index >= 15 is 0 Å². The molecule has 5 nitrogen and oxygen atoms in total. The molecule has 2 aliphatic rings. The van der Waals surface area contributed by atoms with Gasteiger partial charge in [-0.25, -0.2) is 18.1 Å². The van der Waals surface area contributed by atoms with Crippen molar-refractivity contribution in [1.29, 1.82) is 0 Å². The quantitative estimate of drug-likeness (QED) is 0.896. The molecule has 21 heavy (non-hydrogen) atoms. The maximum absolute atomic E-state index is 12.7. The highest BCUT2D eigenvalue weighted by Gasteiger charge is 2.60. The predicted octanol–water partition coefficient (Wildman–Crippen LogP) is 2.16. The number of hydrogen-bond acceptors (Lipinski definition) is 4. The fraction of sp³-hybridized carbons (Fsp3) is 0.667. The normalized spacial score (nSPS) is 34.2. The van der Waals surface area contributed by atoms with Crippen LogP contribution in [0.1, 0.15) is 40.0 Å². The molecule has 2 fully saturated rings. The second kappa shape index (κ2) is 4.43. The number of fused-ring (bicyclic) bond motifs is 2. The first-order chi connectivity index (χ1) is 9.67. The minimum atomic E-state index is -3.69. The minimum Gasteiger partial charge on any atom is -0.396 e. The number of nitrogens with two attached hydrogens (primary N) is 1. The van der Waals surface area contributed by atoms with Gasteiger partial charge in [-0.1, -0.05) is 20.8 Å². The molecule has 2 aliphatic carbocycles. The Labute approximate surface area is 126 Å². The van der Waals surface area contributed by atoms with E-state index < -0.39 is 10.0 Å². The average Bonchev–Trinajstić information content (AvgIpc) is 2.86. The number of nitrogens with zero attached hydrogens (tertiary/aromatic N) is 1. The van der Waals surface area contributed by atoms with E-state index in [-0.39, 0.29) is 27.6 Å². The summed E-state index contributed by atoms with van der Waals surface area (Å²) in [5.41, 5.74) is 5.96. The lowest BCUT2D eigenvalue weighted by Crippen LogP contribution is -2.52. The van der Waals surface area contributed by atoms with Crippen LogP contribution >= 0.6 is 0 Å². The van der Waals surface area contributed by atoms with Gasteiger partial charge >= 0.3 is 0 Å². The Hall–Kier alpha value is -1.14. The van der Waals surface area contributed by atoms with E-state index in [1.54, 1.807) is 12.1 Å². The van der Waals surface area contributed by atoms with Gasteiger partial charge in [-0.2, -0.15) is 0 Å². The monoisotopic (exact) mass is 309 g/mol. The smallest absolute Gasteiger partial charge is 0.260 e. The van der Waals surface area contributed by atoms with Crippen LogP contribution in [0, 0.1) is 16.7 Å². The van der Waals surface area contributed by atoms with Crippen molar-refractivity contribution < 1.29 is 8.42 Å². The molecule has 1 heterocycles. The molecule has 0 radical (unpaired) electrons. The summed E-state index contributed by atoms with van der Waals surface area (Å²) < 4.78 is 28.2. The predicted molar refractivity (Wildman–Crippen MR) is 82.0 cm³/mol. The number of anilines is 1. The zero-order chi connectivity index (χ0) is 15.5. The first kappa shape index (κ1) is 14.8. The molecule has 2 bridgehead atoms. The molecule has 6 heteroatoms. The van der Waals surface area contributed by atoms with Crippen LogP contribution in [0.2, 0.25) is 0 Å². The average molecular weight is 309 g/mol. The highest BCUT2D eigenvalue weighted by molar-refractivity contribution is 7.89. The summed E-state index contributed by atoms with van der Waals surface area (Å²) in [6.45, 7) is 6.52. The second-order valence-electron chi connectivity index (χ2n) is 7.37. The van der Waals surface area contributed by atoms with Crippen molar-refractivity contribution in [2.24, 2.45) is 16.7 Å². The summed E-state index contributed by atoms with van der Waals surface area (Å²) in [7, 11) is -3.69. The summed E-state index contributed by atoms with van der Waals surface area (Å²) in [6, 6.07) is 3.13. The molecule has 0 saturated heterocycles. The molecule has 2 saturated carbocycles. The Morgan fingerprint density at radius 3 is 2.67 bits per heavy atom. The zero-order valence-electron chi connectivity index (χ0n) is 12.8. The van der Waals surface area contributed by atoms with Gasteiger partial charge < -0.3 is 5.73 Å². The van der Waals surface area contributed by atoms with Crippen LogP contribution < -0.4 is 10.5 Å². The molecule has 3 rings (SSSR count). The number of aromatic nitrogens is 1. The van der Waals surface area contributed by atoms with Gasteiger partial charge in [-0.3, -0.25) is 0 Å². The number of hydrogen-bond donors (Lipinski definition) is 2. The van der Waals surface area contributed by atoms with Crippen LogP contribution in [0.25, 0.3) is 0 Å². The Kier molecular flexibility index (Phi) is 3.12. The van der Waals surface area contributed by atoms with Gasteiger partial charge in [0.1, 0.15) is 0 Å². The Bertz CT molecular complexity index is 666. The van der Waals surface area contributed by atoms with E-state index in [1.807, 2.05) is 0 Å². The highest BCUT2D eigenvalue weighted by atomic mass is 32.2. The standard InChI is InChI=1S/C15H23N3O2S/c1-14(2)10-6-7-15(3,9-10)13(14)18-21(19,20)12-11(16)5-4-8-17-12/h4-5,8,10,13,18H,6-7,9,16H2,1-3H3. The Morgan fingerprint density at radius 1 is 1.38 bits per heavy atom. The Morgan fingerprint density at radius 2 is 2.10 bits per heavy atom. The molecule has 116 valence electrons. The maximum atomic E-state index is 12.7. The third kappa shape index (κ3) is 2.16. The van der Waals surface area contributed by atoms with Crippen molar-refractivity contribution in [2.75, 3.05) is 5.73 Å². The van der Waals surface area contributed by atoms with E-state index in [1.165, 1.54) is 12.6 Å². The van der Waals surface area contributed by atoms with Crippen molar-refractivity contribution in [3.63, 3.8) is 0 Å². The van der Waals surface area contributed by atoms with Gasteiger partial charge in [0.05, 0.1) is 5.69 Å². The van der Waals surface area contributed by atoms with Gasteiger partial charge in [0.15, 0.2) is 5.03 Å². The van der Waals surface area contributed by atoms with Crippen molar-refractivity contribution in [3.8, 4) is 0 Å². The zero-order valence-corrected chi connectivity index (χ0v) is 13.6. The summed E-state index contributed by atoms with van der Waals surface area (Å²) in [5, 5.41) is -0.0628. The maximum Gasteiger partial charge on any atom is 0.260 e. The van der Waals surface area contributed by atoms with Crippen LogP contribution in [-0.4, -0.2) is 19.4 Å². The lowest BCUT2D eigenvalue weighted by molar-refractivity contribution is 0.127. The van der Waals surface area contributed by atoms with Crippen LogP contribution in [0.15, 0.2) is 23.4 Å². The number of pyridine rings is 1. The highest BCUT2D eigenvalue weighted by Crippen LogP contribution is 2.62. The largest absolute Gasteiger partial charge is 0.396 e. The molecular weight excluding hydrogens is 286 g/mol. The SMILES string of the molecule is CC12CCC(C1)C(C)(C)C2NS(=O)(=O)c1ncccc1N. The molecule has 3 N–H and O–H groups in total. The van der Waals surface area contributed by atoms with Gasteiger partial charge in [0.25, 0.3) is 10.0 Å². The fourth-order valence-electron chi connectivity index (χ4n) is 4.43. The molecule has 3 unspecified atom stereocenters. The van der Waals surface area contributed by atoms with Crippen molar-refractivity contribution in [1.82, 2.24) is 9.71 Å². The molecular formula is C15H23N3O2S. The van der Waals surface area contributed by atoms with Gasteiger partial charge in [0, 0.05) is 12.2 Å². The first-order valence-electron chi connectivity index (χ1n) is 7.40. The van der Waals surface area contributed by atoms with Crippen LogP contribution in [0.5, 0.6) is 0 Å². The van der Waals surface area contributed by atoms with Crippen molar-refractivity contribution in [3.05, 3.63) is 18.3 Å². The second-order valence-corrected chi connectivity index (χ2v) is 9.00. The number of sulfonamides is 1. The van der Waals surface area contributed by atoms with E-state index in [9.17, 15) is 8.42 Å². The molecule has 0 spiro atoms. The summed E-state index contributed by atoms with van der Waals surface area (Å²) in [6.07, 6.45) is 4.81. The number of rotatable bonds is 3. The van der Waals surface area contributed by atoms with Gasteiger partial charge in [-0.15, -0.1) is 0 Å². The third-order valence-electron chi connectivity index (χ3n) is 5.60. The van der Waals surface area contributed by atoms with Crippen molar-refractivity contribution >= 4 is 15.7 Å². The Balaban J connectivity index is 1.95. The molecule has 0 aromatic carbocycles. The molecule has 3 atom stereocenters. The molecule has 1 aromatic heterocycles. The summed E-state index contributed by atoms with van der Waals surface area (Å²) >= 11 is 0. The molecule has 1 aromatic rings. The fourth-order valence-corrected chi connectivity index (χ4v) is 6.02. The van der Waals surface area contributed by atoms with E-state index in [2.05, 4.69) is 30.5 Å². The van der Waals surface area contributed by atoms with E-state index in [4.69, 9.17) is 5.73 Å². The van der Waals surface area contributed by atoms with E-state index in [0.717, 1.165) is 12.8 Å². The third-order valence-corrected chi connectivity index (χ3v) is 6.99. The van der Waals surface area contributed by atoms with Gasteiger partial charge in [0.2, 0.25) is 0 Å². The van der Waals surface area contributed by atoms with Crippen LogP contribution in [0.3, 0.4) is 0 Å². The molecule has 0 amide bonds. The summed E-state index contributed by atoms with van der Waals surface area (Å²) in [5.74, 6) is 0.580. The summed E-state index contributed by atoms with van der Waals surface area (Å²) in [4.78, 5) is 3.95. The first-order valence-corrected chi connectivity index (χ1v) is 8.88. The van der Waals surface area contributed by atoms with E-state index in [0.29, 0.717) is 5.92 Å². The molecule has 0 aliphatic heterocycles. The van der Waals surface area contributed by atoms with Crippen LogP contribution in [0.4, 0.5) is 5.69 Å². The minimum absolute atomic E-state index is 0.0325. The lowest BCUT2D eigenvalue weighted by Gasteiger charge is -2.42. The topological polar surface area (TPSA) is 85.1 Å². The van der Waals surface area contributed by atoms with Gasteiger partial charge in [-0.05, 0) is 48.1 Å². The number of nitrogen functional groups attached to an aromatic ring is 1. The lowest BCUT2D eigenvalue weighted by atomic mass is 9.69.